The summed E-state index contributed by atoms with van der Waals surface area (Å²) < 4.78 is 0. The predicted octanol–water partition coefficient (Wildman–Crippen LogP) is 2.93. The van der Waals surface area contributed by atoms with Crippen LogP contribution in [0.3, 0.4) is 0 Å². The lowest BCUT2D eigenvalue weighted by Gasteiger charge is -2.20. The van der Waals surface area contributed by atoms with Crippen molar-refractivity contribution in [2.24, 2.45) is 0 Å². The lowest BCUT2D eigenvalue weighted by Crippen LogP contribution is -2.32. The molecule has 0 atom stereocenters. The van der Waals surface area contributed by atoms with E-state index in [0.717, 1.165) is 12.1 Å². The Morgan fingerprint density at radius 2 is 2.00 bits per heavy atom. The number of nitrogens with zero attached hydrogens (tertiary/aromatic N) is 1. The second-order valence-corrected chi connectivity index (χ2v) is 4.62. The molecule has 0 bridgehead atoms. The molecule has 0 aromatic heterocycles. The molecule has 2 nitrogen and oxygen atoms in total. The Labute approximate surface area is 97.3 Å². The van der Waals surface area contributed by atoms with Gasteiger partial charge in [-0.05, 0) is 56.9 Å². The molecule has 86 valence electrons. The Balaban J connectivity index is 2.22. The maximum atomic E-state index is 12.2. The highest BCUT2D eigenvalue weighted by molar-refractivity contribution is 5.94. The van der Waals surface area contributed by atoms with Crippen LogP contribution in [-0.2, 0) is 0 Å². The average Bonchev–Trinajstić information content (AvgIpc) is 3.07. The lowest BCUT2D eigenvalue weighted by atomic mass is 10.1. The van der Waals surface area contributed by atoms with Gasteiger partial charge < -0.3 is 4.90 Å². The molecule has 2 heteroatoms. The van der Waals surface area contributed by atoms with Gasteiger partial charge in [-0.3, -0.25) is 4.79 Å². The minimum absolute atomic E-state index is 0.188. The summed E-state index contributed by atoms with van der Waals surface area (Å²) in [6.07, 6.45) is 2.34. The third-order valence-electron chi connectivity index (χ3n) is 3.34. The van der Waals surface area contributed by atoms with Crippen molar-refractivity contribution in [3.05, 3.63) is 34.9 Å². The zero-order valence-corrected chi connectivity index (χ0v) is 10.3. The van der Waals surface area contributed by atoms with Gasteiger partial charge in [-0.25, -0.2) is 0 Å². The van der Waals surface area contributed by atoms with Gasteiger partial charge in [0.1, 0.15) is 0 Å². The molecule has 0 saturated heterocycles. The van der Waals surface area contributed by atoms with Gasteiger partial charge >= 0.3 is 0 Å². The molecule has 2 rings (SSSR count). The lowest BCUT2D eigenvalue weighted by molar-refractivity contribution is 0.0752. The fraction of sp³-hybridized carbons (Fsp3) is 0.500. The van der Waals surface area contributed by atoms with E-state index in [1.54, 1.807) is 0 Å². The van der Waals surface area contributed by atoms with E-state index in [1.807, 2.05) is 23.1 Å². The van der Waals surface area contributed by atoms with E-state index < -0.39 is 0 Å². The monoisotopic (exact) mass is 217 g/mol. The maximum absolute atomic E-state index is 12.2. The zero-order valence-electron chi connectivity index (χ0n) is 10.3. The summed E-state index contributed by atoms with van der Waals surface area (Å²) in [5, 5.41) is 0. The van der Waals surface area contributed by atoms with Crippen LogP contribution in [0.4, 0.5) is 0 Å². The normalized spacial score (nSPS) is 14.9. The van der Waals surface area contributed by atoms with Gasteiger partial charge in [0.25, 0.3) is 5.91 Å². The van der Waals surface area contributed by atoms with E-state index in [1.165, 1.54) is 24.0 Å². The predicted molar refractivity (Wildman–Crippen MR) is 65.6 cm³/mol. The molecule has 1 aliphatic carbocycles. The van der Waals surface area contributed by atoms with Crippen LogP contribution in [0.5, 0.6) is 0 Å². The van der Waals surface area contributed by atoms with Gasteiger partial charge in [0.05, 0.1) is 0 Å². The van der Waals surface area contributed by atoms with E-state index >= 15 is 0 Å². The third kappa shape index (κ3) is 2.11. The van der Waals surface area contributed by atoms with Crippen LogP contribution < -0.4 is 0 Å². The van der Waals surface area contributed by atoms with Crippen LogP contribution in [0.25, 0.3) is 0 Å². The first kappa shape index (κ1) is 11.2. The number of carbonyl (C=O) groups excluding carboxylic acids is 1. The van der Waals surface area contributed by atoms with Crippen molar-refractivity contribution in [3.63, 3.8) is 0 Å². The Morgan fingerprint density at radius 3 is 2.50 bits per heavy atom. The van der Waals surface area contributed by atoms with E-state index in [-0.39, 0.29) is 5.91 Å². The number of amides is 1. The summed E-state index contributed by atoms with van der Waals surface area (Å²) in [7, 11) is 0. The fourth-order valence-electron chi connectivity index (χ4n) is 1.99. The molecule has 0 aliphatic heterocycles. The summed E-state index contributed by atoms with van der Waals surface area (Å²) >= 11 is 0. The van der Waals surface area contributed by atoms with Crippen LogP contribution in [0.15, 0.2) is 18.2 Å². The SMILES string of the molecule is CCN(C(=O)c1ccc(C)c(C)c1)C1CC1. The number of hydrogen-bond acceptors (Lipinski definition) is 1. The minimum atomic E-state index is 0.188. The molecule has 1 aliphatic rings. The number of benzene rings is 1. The highest BCUT2D eigenvalue weighted by Gasteiger charge is 2.31. The van der Waals surface area contributed by atoms with E-state index in [9.17, 15) is 4.79 Å². The van der Waals surface area contributed by atoms with Gasteiger partial charge in [-0.1, -0.05) is 6.07 Å². The molecular formula is C14H19NO. The first-order valence-electron chi connectivity index (χ1n) is 6.01. The first-order chi connectivity index (χ1) is 7.63. The van der Waals surface area contributed by atoms with Crippen molar-refractivity contribution in [3.8, 4) is 0 Å². The molecule has 1 amide bonds. The minimum Gasteiger partial charge on any atom is -0.336 e. The van der Waals surface area contributed by atoms with Crippen LogP contribution in [0.1, 0.15) is 41.3 Å². The quantitative estimate of drug-likeness (QED) is 0.762. The van der Waals surface area contributed by atoms with Crippen LogP contribution in [0, 0.1) is 13.8 Å². The summed E-state index contributed by atoms with van der Waals surface area (Å²) in [6, 6.07) is 6.47. The first-order valence-corrected chi connectivity index (χ1v) is 6.01. The van der Waals surface area contributed by atoms with Crippen LogP contribution >= 0.6 is 0 Å². The van der Waals surface area contributed by atoms with E-state index in [2.05, 4.69) is 20.8 Å². The number of hydrogen-bond donors (Lipinski definition) is 0. The molecule has 0 radical (unpaired) electrons. The molecule has 0 spiro atoms. The molecule has 1 saturated carbocycles. The van der Waals surface area contributed by atoms with Crippen molar-refractivity contribution in [2.75, 3.05) is 6.54 Å². The van der Waals surface area contributed by atoms with Gasteiger partial charge in [-0.2, -0.15) is 0 Å². The second-order valence-electron chi connectivity index (χ2n) is 4.62. The van der Waals surface area contributed by atoms with Crippen molar-refractivity contribution in [2.45, 2.75) is 39.7 Å². The Hall–Kier alpha value is -1.31. The molecule has 0 N–H and O–H groups in total. The highest BCUT2D eigenvalue weighted by Crippen LogP contribution is 2.28. The van der Waals surface area contributed by atoms with Gasteiger partial charge in [0.15, 0.2) is 0 Å². The van der Waals surface area contributed by atoms with Crippen molar-refractivity contribution < 1.29 is 4.79 Å². The highest BCUT2D eigenvalue weighted by atomic mass is 16.2. The summed E-state index contributed by atoms with van der Waals surface area (Å²) in [4.78, 5) is 14.2. The number of rotatable bonds is 3. The largest absolute Gasteiger partial charge is 0.336 e. The number of aryl methyl sites for hydroxylation is 2. The zero-order chi connectivity index (χ0) is 11.7. The molecule has 1 fully saturated rings. The topological polar surface area (TPSA) is 20.3 Å². The number of carbonyl (C=O) groups is 1. The smallest absolute Gasteiger partial charge is 0.254 e. The molecular weight excluding hydrogens is 198 g/mol. The van der Waals surface area contributed by atoms with Gasteiger partial charge in [0, 0.05) is 18.2 Å². The van der Waals surface area contributed by atoms with E-state index in [0.29, 0.717) is 6.04 Å². The van der Waals surface area contributed by atoms with Gasteiger partial charge in [0.2, 0.25) is 0 Å². The summed E-state index contributed by atoms with van der Waals surface area (Å²) in [5.74, 6) is 0.188. The van der Waals surface area contributed by atoms with Crippen molar-refractivity contribution >= 4 is 5.91 Å². The third-order valence-corrected chi connectivity index (χ3v) is 3.34. The summed E-state index contributed by atoms with van der Waals surface area (Å²) in [6.45, 7) is 7.00. The molecule has 1 aromatic carbocycles. The molecule has 0 heterocycles. The van der Waals surface area contributed by atoms with Crippen LogP contribution in [0.2, 0.25) is 0 Å². The Bertz CT molecular complexity index is 407. The molecule has 0 unspecified atom stereocenters. The molecule has 1 aromatic rings. The standard InChI is InChI=1S/C14H19NO/c1-4-15(13-7-8-13)14(16)12-6-5-10(2)11(3)9-12/h5-6,9,13H,4,7-8H2,1-3H3. The molecule has 16 heavy (non-hydrogen) atoms. The average molecular weight is 217 g/mol. The summed E-state index contributed by atoms with van der Waals surface area (Å²) in [5.41, 5.74) is 3.26. The fourth-order valence-corrected chi connectivity index (χ4v) is 1.99. The van der Waals surface area contributed by atoms with Crippen LogP contribution in [-0.4, -0.2) is 23.4 Å². The maximum Gasteiger partial charge on any atom is 0.254 e. The van der Waals surface area contributed by atoms with Crippen molar-refractivity contribution in [1.29, 1.82) is 0 Å². The van der Waals surface area contributed by atoms with Gasteiger partial charge in [-0.15, -0.1) is 0 Å². The second kappa shape index (κ2) is 4.28. The van der Waals surface area contributed by atoms with E-state index in [4.69, 9.17) is 0 Å². The van der Waals surface area contributed by atoms with Crippen molar-refractivity contribution in [1.82, 2.24) is 4.90 Å². The Kier molecular flexibility index (Phi) is 2.99. The Morgan fingerprint density at radius 1 is 1.31 bits per heavy atom.